The molecular formula is C18H21FN6O2. The predicted molar refractivity (Wildman–Crippen MR) is 97.0 cm³/mol. The number of nitrogens with one attached hydrogen (secondary N) is 2. The molecule has 0 bridgehead atoms. The zero-order valence-corrected chi connectivity index (χ0v) is 15.2. The molecule has 142 valence electrons. The second kappa shape index (κ2) is 6.98. The largest absolute Gasteiger partial charge is 0.356 e. The van der Waals surface area contributed by atoms with Crippen molar-refractivity contribution >= 4 is 22.8 Å². The van der Waals surface area contributed by atoms with Crippen molar-refractivity contribution in [1.82, 2.24) is 25.4 Å². The van der Waals surface area contributed by atoms with Gasteiger partial charge in [-0.3, -0.25) is 4.79 Å². The molecule has 0 aromatic carbocycles. The lowest BCUT2D eigenvalue weighted by Crippen LogP contribution is -2.44. The van der Waals surface area contributed by atoms with Crippen molar-refractivity contribution in [3.05, 3.63) is 35.8 Å². The first-order valence-electron chi connectivity index (χ1n) is 8.99. The predicted octanol–water partition coefficient (Wildman–Crippen LogP) is 2.43. The van der Waals surface area contributed by atoms with Crippen molar-refractivity contribution < 1.29 is 13.7 Å². The molecule has 9 heteroatoms. The van der Waals surface area contributed by atoms with Gasteiger partial charge >= 0.3 is 0 Å². The van der Waals surface area contributed by atoms with Gasteiger partial charge in [-0.05, 0) is 32.6 Å². The van der Waals surface area contributed by atoms with Crippen LogP contribution in [0.5, 0.6) is 0 Å². The van der Waals surface area contributed by atoms with E-state index < -0.39 is 5.82 Å². The quantitative estimate of drug-likeness (QED) is 0.730. The van der Waals surface area contributed by atoms with Gasteiger partial charge in [0.05, 0.1) is 5.69 Å². The third-order valence-electron chi connectivity index (χ3n) is 5.22. The Morgan fingerprint density at radius 2 is 2.19 bits per heavy atom. The summed E-state index contributed by atoms with van der Waals surface area (Å²) in [6.45, 7) is 5.51. The summed E-state index contributed by atoms with van der Waals surface area (Å²) in [7, 11) is 0. The van der Waals surface area contributed by atoms with Crippen LogP contribution in [0.2, 0.25) is 0 Å². The first-order valence-corrected chi connectivity index (χ1v) is 8.99. The number of aromatic nitrogens is 4. The molecule has 1 fully saturated rings. The van der Waals surface area contributed by atoms with Crippen molar-refractivity contribution in [1.29, 1.82) is 0 Å². The minimum atomic E-state index is -0.443. The number of fused-ring (bicyclic) bond motifs is 1. The standard InChI is InChI=1S/C18H21FN6O2/c1-10(23-17(26)14-7-13(19)8-20-14)12-3-5-25(6-4-12)16-15-11(2)24-27-18(15)22-9-21-16/h7-10,12,20H,3-6H2,1-2H3,(H,23,26)/t10-/m1/s1. The fourth-order valence-corrected chi connectivity index (χ4v) is 3.66. The summed E-state index contributed by atoms with van der Waals surface area (Å²) in [4.78, 5) is 25.6. The molecule has 0 saturated carbocycles. The topological polar surface area (TPSA) is 99.9 Å². The van der Waals surface area contributed by atoms with E-state index in [9.17, 15) is 9.18 Å². The molecule has 0 radical (unpaired) electrons. The number of hydrogen-bond acceptors (Lipinski definition) is 6. The number of rotatable bonds is 4. The number of carbonyl (C=O) groups is 1. The first-order chi connectivity index (χ1) is 13.0. The van der Waals surface area contributed by atoms with E-state index in [1.807, 2.05) is 13.8 Å². The minimum Gasteiger partial charge on any atom is -0.356 e. The molecule has 1 amide bonds. The van der Waals surface area contributed by atoms with Crippen molar-refractivity contribution in [2.24, 2.45) is 5.92 Å². The van der Waals surface area contributed by atoms with Gasteiger partial charge in [0.25, 0.3) is 11.6 Å². The number of hydrogen-bond donors (Lipinski definition) is 2. The molecule has 27 heavy (non-hydrogen) atoms. The van der Waals surface area contributed by atoms with Crippen LogP contribution in [0.4, 0.5) is 10.2 Å². The number of H-pyrrole nitrogens is 1. The Kier molecular flexibility index (Phi) is 4.51. The Balaban J connectivity index is 1.39. The fraction of sp³-hybridized carbons (Fsp3) is 0.444. The van der Waals surface area contributed by atoms with Gasteiger partial charge in [0, 0.05) is 31.4 Å². The highest BCUT2D eigenvalue weighted by atomic mass is 19.1. The van der Waals surface area contributed by atoms with E-state index >= 15 is 0 Å². The van der Waals surface area contributed by atoms with Crippen LogP contribution in [-0.4, -0.2) is 45.1 Å². The Morgan fingerprint density at radius 3 is 2.89 bits per heavy atom. The molecule has 4 heterocycles. The van der Waals surface area contributed by atoms with Crippen molar-refractivity contribution in [3.63, 3.8) is 0 Å². The fourth-order valence-electron chi connectivity index (χ4n) is 3.66. The molecule has 3 aromatic heterocycles. The van der Waals surface area contributed by atoms with Gasteiger partial charge in [0.15, 0.2) is 0 Å². The highest BCUT2D eigenvalue weighted by Gasteiger charge is 2.27. The van der Waals surface area contributed by atoms with Gasteiger partial charge in [0.2, 0.25) is 0 Å². The number of anilines is 1. The third-order valence-corrected chi connectivity index (χ3v) is 5.22. The molecule has 0 unspecified atom stereocenters. The number of carbonyl (C=O) groups excluding carboxylic acids is 1. The third kappa shape index (κ3) is 3.36. The van der Waals surface area contributed by atoms with Crippen LogP contribution in [-0.2, 0) is 0 Å². The van der Waals surface area contributed by atoms with Crippen LogP contribution < -0.4 is 10.2 Å². The molecule has 1 aliphatic heterocycles. The minimum absolute atomic E-state index is 0.00578. The average molecular weight is 372 g/mol. The summed E-state index contributed by atoms with van der Waals surface area (Å²) in [6, 6.07) is 1.19. The molecule has 1 saturated heterocycles. The van der Waals surface area contributed by atoms with E-state index in [1.54, 1.807) is 0 Å². The summed E-state index contributed by atoms with van der Waals surface area (Å²) in [5, 5.41) is 7.79. The maximum Gasteiger partial charge on any atom is 0.268 e. The van der Waals surface area contributed by atoms with E-state index in [0.717, 1.165) is 42.8 Å². The number of aromatic amines is 1. The van der Waals surface area contributed by atoms with E-state index in [2.05, 4.69) is 30.3 Å². The molecule has 8 nitrogen and oxygen atoms in total. The van der Waals surface area contributed by atoms with Crippen LogP contribution in [0.15, 0.2) is 23.1 Å². The Bertz CT molecular complexity index is 960. The van der Waals surface area contributed by atoms with Crippen LogP contribution in [0.1, 0.15) is 35.9 Å². The maximum absolute atomic E-state index is 13.1. The Hall–Kier alpha value is -2.97. The summed E-state index contributed by atoms with van der Waals surface area (Å²) in [5.74, 6) is 0.453. The normalized spacial score (nSPS) is 16.6. The van der Waals surface area contributed by atoms with Crippen molar-refractivity contribution in [2.75, 3.05) is 18.0 Å². The second-order valence-corrected chi connectivity index (χ2v) is 6.96. The van der Waals surface area contributed by atoms with E-state index in [1.165, 1.54) is 18.6 Å². The molecule has 3 aromatic rings. The molecule has 0 aliphatic carbocycles. The van der Waals surface area contributed by atoms with E-state index in [4.69, 9.17) is 4.52 Å². The highest BCUT2D eigenvalue weighted by molar-refractivity contribution is 5.92. The number of amides is 1. The summed E-state index contributed by atoms with van der Waals surface area (Å²) >= 11 is 0. The molecular weight excluding hydrogens is 351 g/mol. The molecule has 1 atom stereocenters. The number of piperidine rings is 1. The number of nitrogens with zero attached hydrogens (tertiary/aromatic N) is 4. The first kappa shape index (κ1) is 17.4. The van der Waals surface area contributed by atoms with Crippen molar-refractivity contribution in [3.8, 4) is 0 Å². The zero-order chi connectivity index (χ0) is 19.0. The zero-order valence-electron chi connectivity index (χ0n) is 15.2. The second-order valence-electron chi connectivity index (χ2n) is 6.96. The van der Waals surface area contributed by atoms with Crippen LogP contribution in [0.25, 0.3) is 11.1 Å². The van der Waals surface area contributed by atoms with Gasteiger partial charge < -0.3 is 19.7 Å². The van der Waals surface area contributed by atoms with Crippen LogP contribution in [0.3, 0.4) is 0 Å². The summed E-state index contributed by atoms with van der Waals surface area (Å²) < 4.78 is 18.3. The van der Waals surface area contributed by atoms with Gasteiger partial charge in [-0.15, -0.1) is 0 Å². The Labute approximate surface area is 155 Å². The van der Waals surface area contributed by atoms with E-state index in [0.29, 0.717) is 11.6 Å². The highest BCUT2D eigenvalue weighted by Crippen LogP contribution is 2.30. The Morgan fingerprint density at radius 1 is 1.41 bits per heavy atom. The monoisotopic (exact) mass is 372 g/mol. The number of halogens is 1. The van der Waals surface area contributed by atoms with Gasteiger partial charge in [-0.25, -0.2) is 9.37 Å². The lowest BCUT2D eigenvalue weighted by molar-refractivity contribution is 0.0917. The lowest BCUT2D eigenvalue weighted by atomic mass is 9.90. The average Bonchev–Trinajstić information content (AvgIpc) is 3.28. The molecule has 1 aliphatic rings. The molecule has 2 N–H and O–H groups in total. The molecule has 4 rings (SSSR count). The lowest BCUT2D eigenvalue weighted by Gasteiger charge is -2.35. The van der Waals surface area contributed by atoms with Crippen molar-refractivity contribution in [2.45, 2.75) is 32.7 Å². The van der Waals surface area contributed by atoms with Crippen LogP contribution >= 0.6 is 0 Å². The number of aryl methyl sites for hydroxylation is 1. The molecule has 0 spiro atoms. The van der Waals surface area contributed by atoms with Crippen LogP contribution in [0, 0.1) is 18.7 Å². The van der Waals surface area contributed by atoms with Gasteiger partial charge in [-0.1, -0.05) is 5.16 Å². The smallest absolute Gasteiger partial charge is 0.268 e. The maximum atomic E-state index is 13.1. The SMILES string of the molecule is Cc1noc2ncnc(N3CCC([C@@H](C)NC(=O)c4cc(F)c[nH]4)CC3)c12. The summed E-state index contributed by atoms with van der Waals surface area (Å²) in [5.41, 5.74) is 1.52. The van der Waals surface area contributed by atoms with Gasteiger partial charge in [-0.2, -0.15) is 4.98 Å². The summed E-state index contributed by atoms with van der Waals surface area (Å²) in [6.07, 6.45) is 4.49. The van der Waals surface area contributed by atoms with Gasteiger partial charge in [0.1, 0.15) is 29.0 Å². The van der Waals surface area contributed by atoms with E-state index in [-0.39, 0.29) is 17.6 Å².